The largest absolute Gasteiger partial charge is 0.494 e. The highest BCUT2D eigenvalue weighted by molar-refractivity contribution is 6.30. The average Bonchev–Trinajstić information content (AvgIpc) is 2.82. The first kappa shape index (κ1) is 25.2. The van der Waals surface area contributed by atoms with E-state index in [0.29, 0.717) is 35.8 Å². The topological polar surface area (TPSA) is 74.6 Å². The lowest BCUT2D eigenvalue weighted by Gasteiger charge is -2.20. The monoisotopic (exact) mass is 481 g/mol. The predicted octanol–water partition coefficient (Wildman–Crippen LogP) is 5.08. The van der Waals surface area contributed by atoms with E-state index in [1.807, 2.05) is 49.4 Å². The molecule has 0 bridgehead atoms. The molecule has 1 atom stereocenters. The molecule has 0 radical (unpaired) electrons. The lowest BCUT2D eigenvalue weighted by atomic mass is 9.84. The van der Waals surface area contributed by atoms with Crippen molar-refractivity contribution in [2.75, 3.05) is 13.7 Å². The number of ketones is 1. The minimum atomic E-state index is -0.261. The summed E-state index contributed by atoms with van der Waals surface area (Å²) in [5.74, 6) is 0.168. The van der Waals surface area contributed by atoms with Crippen LogP contribution in [0.2, 0.25) is 5.02 Å². The number of methoxy groups -OCH3 is 1. The van der Waals surface area contributed by atoms with Crippen molar-refractivity contribution in [3.63, 3.8) is 0 Å². The molecule has 6 nitrogen and oxygen atoms in total. The van der Waals surface area contributed by atoms with Gasteiger partial charge in [0.25, 0.3) is 0 Å². The van der Waals surface area contributed by atoms with Crippen LogP contribution in [0.4, 0.5) is 0 Å². The number of nitrogens with zero attached hydrogens (tertiary/aromatic N) is 1. The molecule has 7 heteroatoms. The molecule has 3 rings (SSSR count). The van der Waals surface area contributed by atoms with Gasteiger partial charge in [0.1, 0.15) is 5.75 Å². The molecule has 0 aliphatic heterocycles. The Kier molecular flexibility index (Phi) is 8.66. The van der Waals surface area contributed by atoms with Crippen LogP contribution in [0.3, 0.4) is 0 Å². The van der Waals surface area contributed by atoms with Crippen LogP contribution in [-0.4, -0.2) is 30.0 Å². The minimum absolute atomic E-state index is 0.0573. The first-order valence-corrected chi connectivity index (χ1v) is 11.4. The van der Waals surface area contributed by atoms with Gasteiger partial charge in [-0.3, -0.25) is 14.4 Å². The Morgan fingerprint density at radius 1 is 1.06 bits per heavy atom. The highest BCUT2D eigenvalue weighted by atomic mass is 35.5. The second-order valence-corrected chi connectivity index (χ2v) is 8.58. The second-order valence-electron chi connectivity index (χ2n) is 8.14. The summed E-state index contributed by atoms with van der Waals surface area (Å²) in [7, 11) is 2.99. The van der Waals surface area contributed by atoms with Crippen molar-refractivity contribution >= 4 is 23.4 Å². The second kappa shape index (κ2) is 11.7. The SMILES string of the molecule is COC(=O)CCCOc1ccc(C(CC(=O)c2ccc(=O)n(C)c2)c2ccc(Cl)cc2C)cc1. The van der Waals surface area contributed by atoms with Crippen LogP contribution in [0.15, 0.2) is 65.6 Å². The number of carbonyl (C=O) groups excluding carboxylic acids is 2. The summed E-state index contributed by atoms with van der Waals surface area (Å²) in [6, 6.07) is 16.3. The fourth-order valence-electron chi connectivity index (χ4n) is 3.80. The van der Waals surface area contributed by atoms with Gasteiger partial charge in [-0.1, -0.05) is 29.8 Å². The summed E-state index contributed by atoms with van der Waals surface area (Å²) in [5.41, 5.74) is 3.29. The van der Waals surface area contributed by atoms with Gasteiger partial charge in [-0.2, -0.15) is 0 Å². The van der Waals surface area contributed by atoms with Gasteiger partial charge in [-0.15, -0.1) is 0 Å². The molecule has 0 fully saturated rings. The Bertz CT molecular complexity index is 1220. The Morgan fingerprint density at radius 2 is 1.79 bits per heavy atom. The van der Waals surface area contributed by atoms with Crippen molar-refractivity contribution in [3.05, 3.63) is 98.4 Å². The lowest BCUT2D eigenvalue weighted by Crippen LogP contribution is -2.17. The highest BCUT2D eigenvalue weighted by Gasteiger charge is 2.21. The summed E-state index contributed by atoms with van der Waals surface area (Å²) in [4.78, 5) is 36.1. The molecular weight excluding hydrogens is 454 g/mol. The van der Waals surface area contributed by atoms with Crippen LogP contribution in [0.25, 0.3) is 0 Å². The van der Waals surface area contributed by atoms with Gasteiger partial charge in [-0.25, -0.2) is 0 Å². The molecule has 0 aliphatic carbocycles. The van der Waals surface area contributed by atoms with E-state index in [2.05, 4.69) is 4.74 Å². The number of carbonyl (C=O) groups is 2. The fourth-order valence-corrected chi connectivity index (χ4v) is 4.03. The summed E-state index contributed by atoms with van der Waals surface area (Å²) in [6.07, 6.45) is 2.68. The van der Waals surface area contributed by atoms with Crippen LogP contribution < -0.4 is 10.3 Å². The van der Waals surface area contributed by atoms with E-state index in [-0.39, 0.29) is 29.7 Å². The van der Waals surface area contributed by atoms with E-state index in [4.69, 9.17) is 16.3 Å². The molecule has 1 aromatic heterocycles. The average molecular weight is 482 g/mol. The number of halogens is 1. The van der Waals surface area contributed by atoms with Crippen molar-refractivity contribution in [1.82, 2.24) is 4.57 Å². The molecule has 1 heterocycles. The number of hydrogen-bond donors (Lipinski definition) is 0. The third-order valence-corrected chi connectivity index (χ3v) is 5.94. The summed E-state index contributed by atoms with van der Waals surface area (Å²) < 4.78 is 11.8. The minimum Gasteiger partial charge on any atom is -0.494 e. The van der Waals surface area contributed by atoms with E-state index in [1.54, 1.807) is 19.3 Å². The van der Waals surface area contributed by atoms with Gasteiger partial charge in [0.05, 0.1) is 13.7 Å². The van der Waals surface area contributed by atoms with Crippen molar-refractivity contribution in [2.45, 2.75) is 32.1 Å². The summed E-state index contributed by atoms with van der Waals surface area (Å²) >= 11 is 6.17. The Hall–Kier alpha value is -3.38. The number of pyridine rings is 1. The van der Waals surface area contributed by atoms with Crippen molar-refractivity contribution in [3.8, 4) is 5.75 Å². The third kappa shape index (κ3) is 6.58. The first-order chi connectivity index (χ1) is 16.3. The number of aromatic nitrogens is 1. The first-order valence-electron chi connectivity index (χ1n) is 11.0. The zero-order valence-corrected chi connectivity index (χ0v) is 20.3. The van der Waals surface area contributed by atoms with E-state index >= 15 is 0 Å². The Morgan fingerprint density at radius 3 is 2.44 bits per heavy atom. The smallest absolute Gasteiger partial charge is 0.305 e. The van der Waals surface area contributed by atoms with Gasteiger partial charge >= 0.3 is 5.97 Å². The van der Waals surface area contributed by atoms with Crippen LogP contribution in [-0.2, 0) is 16.6 Å². The molecular formula is C27H28ClNO5. The number of rotatable bonds is 10. The van der Waals surface area contributed by atoms with Crippen LogP contribution in [0.5, 0.6) is 5.75 Å². The molecule has 0 aliphatic rings. The van der Waals surface area contributed by atoms with E-state index < -0.39 is 0 Å². The normalized spacial score (nSPS) is 11.6. The molecule has 1 unspecified atom stereocenters. The molecule has 178 valence electrons. The predicted molar refractivity (Wildman–Crippen MR) is 132 cm³/mol. The number of ether oxygens (including phenoxy) is 2. The van der Waals surface area contributed by atoms with Crippen LogP contribution >= 0.6 is 11.6 Å². The fraction of sp³-hybridized carbons (Fsp3) is 0.296. The molecule has 0 saturated heterocycles. The Labute approximate surface area is 204 Å². The zero-order valence-electron chi connectivity index (χ0n) is 19.5. The van der Waals surface area contributed by atoms with Gasteiger partial charge in [0.15, 0.2) is 5.78 Å². The molecule has 0 spiro atoms. The van der Waals surface area contributed by atoms with Gasteiger partial charge < -0.3 is 14.0 Å². The number of hydrogen-bond acceptors (Lipinski definition) is 5. The van der Waals surface area contributed by atoms with Gasteiger partial charge in [-0.05, 0) is 60.4 Å². The standard InChI is InChI=1S/C27H28ClNO5/c1-18-15-21(28)9-12-23(18)24(16-25(30)20-8-13-26(31)29(2)17-20)19-6-10-22(11-7-19)34-14-4-5-27(32)33-3/h6-13,15,17,24H,4-5,14,16H2,1-3H3. The molecule has 3 aromatic rings. The van der Waals surface area contributed by atoms with Crippen LogP contribution in [0, 0.1) is 6.92 Å². The summed E-state index contributed by atoms with van der Waals surface area (Å²) in [6.45, 7) is 2.38. The van der Waals surface area contributed by atoms with Crippen molar-refractivity contribution in [2.24, 2.45) is 7.05 Å². The van der Waals surface area contributed by atoms with E-state index in [0.717, 1.165) is 16.7 Å². The molecule has 0 amide bonds. The highest BCUT2D eigenvalue weighted by Crippen LogP contribution is 2.33. The van der Waals surface area contributed by atoms with Gasteiger partial charge in [0.2, 0.25) is 5.56 Å². The number of Topliss-reactive ketones (excluding diaryl/α,β-unsaturated/α-hetero) is 1. The Balaban J connectivity index is 1.82. The zero-order chi connectivity index (χ0) is 24.7. The molecule has 0 N–H and O–H groups in total. The van der Waals surface area contributed by atoms with E-state index in [1.165, 1.54) is 17.7 Å². The summed E-state index contributed by atoms with van der Waals surface area (Å²) in [5, 5.41) is 0.639. The third-order valence-electron chi connectivity index (χ3n) is 5.71. The molecule has 34 heavy (non-hydrogen) atoms. The van der Waals surface area contributed by atoms with Crippen molar-refractivity contribution < 1.29 is 19.1 Å². The van der Waals surface area contributed by atoms with Crippen LogP contribution in [0.1, 0.15) is 52.2 Å². The van der Waals surface area contributed by atoms with Crippen molar-refractivity contribution in [1.29, 1.82) is 0 Å². The number of benzene rings is 2. The maximum Gasteiger partial charge on any atom is 0.305 e. The quantitative estimate of drug-likeness (QED) is 0.229. The lowest BCUT2D eigenvalue weighted by molar-refractivity contribution is -0.140. The van der Waals surface area contributed by atoms with Gasteiger partial charge in [0, 0.05) is 48.7 Å². The maximum absolute atomic E-state index is 13.2. The maximum atomic E-state index is 13.2. The molecule has 0 saturated carbocycles. The molecule has 2 aromatic carbocycles. The number of aryl methyl sites for hydroxylation is 2. The number of esters is 1. The van der Waals surface area contributed by atoms with E-state index in [9.17, 15) is 14.4 Å².